The van der Waals surface area contributed by atoms with E-state index in [9.17, 15) is 8.42 Å². The van der Waals surface area contributed by atoms with Crippen molar-refractivity contribution in [2.45, 2.75) is 12.2 Å². The molecule has 6 heteroatoms. The third kappa shape index (κ3) is 3.28. The van der Waals surface area contributed by atoms with Gasteiger partial charge in [-0.3, -0.25) is 0 Å². The molecule has 0 saturated heterocycles. The van der Waals surface area contributed by atoms with Gasteiger partial charge in [0.2, 0.25) is 0 Å². The van der Waals surface area contributed by atoms with E-state index in [1.54, 1.807) is 18.2 Å². The lowest BCUT2D eigenvalue weighted by molar-refractivity contribution is 0.296. The van der Waals surface area contributed by atoms with Gasteiger partial charge in [0.25, 0.3) is 0 Å². The first-order valence-electron chi connectivity index (χ1n) is 4.99. The minimum atomic E-state index is -3.53. The van der Waals surface area contributed by atoms with Crippen molar-refractivity contribution in [1.82, 2.24) is 0 Å². The number of aryl methyl sites for hydroxylation is 1. The molecule has 17 heavy (non-hydrogen) atoms. The first-order valence-corrected chi connectivity index (χ1v) is 6.94. The van der Waals surface area contributed by atoms with E-state index in [2.05, 4.69) is 5.16 Å². The minimum Gasteiger partial charge on any atom is -0.411 e. The first-order chi connectivity index (χ1) is 7.90. The predicted molar refractivity (Wildman–Crippen MR) is 65.2 cm³/mol. The van der Waals surface area contributed by atoms with Crippen molar-refractivity contribution in [2.24, 2.45) is 5.16 Å². The SMILES string of the molecule is Cc1cccc(/C(=N/O)[C@H](CO)S(C)(=O)=O)c1. The molecule has 1 rings (SSSR count). The van der Waals surface area contributed by atoms with Crippen LogP contribution < -0.4 is 0 Å². The molecule has 0 aliphatic rings. The first kappa shape index (κ1) is 13.7. The van der Waals surface area contributed by atoms with Gasteiger partial charge in [-0.1, -0.05) is 35.0 Å². The molecule has 2 N–H and O–H groups in total. The molecule has 0 spiro atoms. The lowest BCUT2D eigenvalue weighted by atomic mass is 10.1. The van der Waals surface area contributed by atoms with Crippen LogP contribution in [-0.2, 0) is 9.84 Å². The molecule has 1 aromatic rings. The van der Waals surface area contributed by atoms with E-state index in [0.29, 0.717) is 5.56 Å². The van der Waals surface area contributed by atoms with E-state index in [1.165, 1.54) is 0 Å². The van der Waals surface area contributed by atoms with Crippen LogP contribution in [0, 0.1) is 6.92 Å². The zero-order chi connectivity index (χ0) is 13.1. The van der Waals surface area contributed by atoms with Crippen molar-refractivity contribution >= 4 is 15.5 Å². The highest BCUT2D eigenvalue weighted by Crippen LogP contribution is 2.12. The van der Waals surface area contributed by atoms with Gasteiger partial charge in [-0.25, -0.2) is 8.42 Å². The topological polar surface area (TPSA) is 87.0 Å². The Balaban J connectivity index is 3.25. The second-order valence-corrected chi connectivity index (χ2v) is 6.08. The third-order valence-corrected chi connectivity index (χ3v) is 3.82. The zero-order valence-corrected chi connectivity index (χ0v) is 10.5. The third-order valence-electron chi connectivity index (χ3n) is 2.41. The molecule has 0 amide bonds. The summed E-state index contributed by atoms with van der Waals surface area (Å²) < 4.78 is 22.9. The molecule has 0 radical (unpaired) electrons. The summed E-state index contributed by atoms with van der Waals surface area (Å²) >= 11 is 0. The second-order valence-electron chi connectivity index (χ2n) is 3.86. The number of aliphatic hydroxyl groups is 1. The standard InChI is InChI=1S/C11H15NO4S/c1-8-4-3-5-9(6-8)11(12-14)10(7-13)17(2,15)16/h3-6,10,13-14H,7H2,1-2H3/b12-11-/t10-/m0/s1. The van der Waals surface area contributed by atoms with Gasteiger partial charge in [-0.2, -0.15) is 0 Å². The average molecular weight is 257 g/mol. The summed E-state index contributed by atoms with van der Waals surface area (Å²) in [4.78, 5) is 0. The summed E-state index contributed by atoms with van der Waals surface area (Å²) in [5.74, 6) is 0. The van der Waals surface area contributed by atoms with Crippen LogP contribution in [0.1, 0.15) is 11.1 Å². The van der Waals surface area contributed by atoms with Crippen LogP contribution in [0.3, 0.4) is 0 Å². The Labute approximate surface area is 100 Å². The van der Waals surface area contributed by atoms with Crippen molar-refractivity contribution in [1.29, 1.82) is 0 Å². The fraction of sp³-hybridized carbons (Fsp3) is 0.364. The number of benzene rings is 1. The second kappa shape index (κ2) is 5.29. The molecule has 0 aliphatic carbocycles. The van der Waals surface area contributed by atoms with Gasteiger partial charge in [-0.05, 0) is 6.92 Å². The average Bonchev–Trinajstić information content (AvgIpc) is 2.23. The summed E-state index contributed by atoms with van der Waals surface area (Å²) in [6.45, 7) is 1.22. The Morgan fingerprint density at radius 3 is 2.53 bits per heavy atom. The highest BCUT2D eigenvalue weighted by atomic mass is 32.2. The van der Waals surface area contributed by atoms with Gasteiger partial charge in [0, 0.05) is 11.8 Å². The molecule has 1 atom stereocenters. The van der Waals surface area contributed by atoms with E-state index in [-0.39, 0.29) is 5.71 Å². The minimum absolute atomic E-state index is 0.0429. The number of nitrogens with zero attached hydrogens (tertiary/aromatic N) is 1. The van der Waals surface area contributed by atoms with E-state index in [1.807, 2.05) is 13.0 Å². The summed E-state index contributed by atoms with van der Waals surface area (Å²) in [5, 5.41) is 19.9. The predicted octanol–water partition coefficient (Wildman–Crippen LogP) is 0.579. The molecular formula is C11H15NO4S. The molecule has 0 unspecified atom stereocenters. The van der Waals surface area contributed by atoms with Crippen LogP contribution in [0.25, 0.3) is 0 Å². The largest absolute Gasteiger partial charge is 0.411 e. The van der Waals surface area contributed by atoms with Crippen molar-refractivity contribution in [3.8, 4) is 0 Å². The smallest absolute Gasteiger partial charge is 0.158 e. The Morgan fingerprint density at radius 1 is 1.47 bits per heavy atom. The normalized spacial score (nSPS) is 14.6. The molecule has 0 fully saturated rings. The molecular weight excluding hydrogens is 242 g/mol. The summed E-state index contributed by atoms with van der Waals surface area (Å²) in [6.07, 6.45) is 0.995. The van der Waals surface area contributed by atoms with Crippen LogP contribution in [0.5, 0.6) is 0 Å². The van der Waals surface area contributed by atoms with Crippen molar-refractivity contribution < 1.29 is 18.7 Å². The van der Waals surface area contributed by atoms with Crippen LogP contribution in [0.2, 0.25) is 0 Å². The molecule has 0 aromatic heterocycles. The number of oxime groups is 1. The van der Waals surface area contributed by atoms with E-state index < -0.39 is 21.7 Å². The highest BCUT2D eigenvalue weighted by Gasteiger charge is 2.27. The van der Waals surface area contributed by atoms with Gasteiger partial charge >= 0.3 is 0 Å². The highest BCUT2D eigenvalue weighted by molar-refractivity contribution is 7.92. The summed E-state index contributed by atoms with van der Waals surface area (Å²) in [7, 11) is -3.53. The lowest BCUT2D eigenvalue weighted by Crippen LogP contribution is -2.33. The molecule has 5 nitrogen and oxygen atoms in total. The maximum absolute atomic E-state index is 11.5. The lowest BCUT2D eigenvalue weighted by Gasteiger charge is -2.14. The van der Waals surface area contributed by atoms with E-state index in [0.717, 1.165) is 11.8 Å². The number of rotatable bonds is 4. The maximum atomic E-state index is 11.5. The van der Waals surface area contributed by atoms with Gasteiger partial charge in [-0.15, -0.1) is 0 Å². The van der Waals surface area contributed by atoms with Crippen LogP contribution >= 0.6 is 0 Å². The van der Waals surface area contributed by atoms with E-state index in [4.69, 9.17) is 10.3 Å². The van der Waals surface area contributed by atoms with Crippen molar-refractivity contribution in [3.05, 3.63) is 35.4 Å². The molecule has 0 aliphatic heterocycles. The van der Waals surface area contributed by atoms with Crippen molar-refractivity contribution in [3.63, 3.8) is 0 Å². The zero-order valence-electron chi connectivity index (χ0n) is 9.66. The Kier molecular flexibility index (Phi) is 4.25. The quantitative estimate of drug-likeness (QED) is 0.469. The molecule has 0 heterocycles. The monoisotopic (exact) mass is 257 g/mol. The van der Waals surface area contributed by atoms with E-state index >= 15 is 0 Å². The molecule has 0 bridgehead atoms. The van der Waals surface area contributed by atoms with Gasteiger partial charge in [0.1, 0.15) is 11.0 Å². The fourth-order valence-corrected chi connectivity index (χ4v) is 2.40. The van der Waals surface area contributed by atoms with Crippen LogP contribution in [0.15, 0.2) is 29.4 Å². The fourth-order valence-electron chi connectivity index (χ4n) is 1.54. The Morgan fingerprint density at radius 2 is 2.12 bits per heavy atom. The number of aliphatic hydroxyl groups excluding tert-OH is 1. The Bertz CT molecular complexity index is 522. The van der Waals surface area contributed by atoms with Gasteiger partial charge in [0.15, 0.2) is 9.84 Å². The molecule has 0 saturated carbocycles. The van der Waals surface area contributed by atoms with Gasteiger partial charge < -0.3 is 10.3 Å². The number of hydrogen-bond acceptors (Lipinski definition) is 5. The Hall–Kier alpha value is -1.40. The molecule has 1 aromatic carbocycles. The number of sulfone groups is 1. The van der Waals surface area contributed by atoms with Crippen molar-refractivity contribution in [2.75, 3.05) is 12.9 Å². The molecule has 94 valence electrons. The van der Waals surface area contributed by atoms with Crippen LogP contribution in [-0.4, -0.2) is 42.6 Å². The van der Waals surface area contributed by atoms with Gasteiger partial charge in [0.05, 0.1) is 6.61 Å². The summed E-state index contributed by atoms with van der Waals surface area (Å²) in [6, 6.07) is 6.90. The summed E-state index contributed by atoms with van der Waals surface area (Å²) in [5.41, 5.74) is 1.35. The maximum Gasteiger partial charge on any atom is 0.158 e. The van der Waals surface area contributed by atoms with Crippen LogP contribution in [0.4, 0.5) is 0 Å². The number of hydrogen-bond donors (Lipinski definition) is 2.